The molecule has 3 N–H and O–H groups in total. The Balaban J connectivity index is 1.67. The maximum atomic E-state index is 12.6. The Bertz CT molecular complexity index is 550. The van der Waals surface area contributed by atoms with E-state index < -0.39 is 0 Å². The fourth-order valence-electron chi connectivity index (χ4n) is 3.99. The number of rotatable bonds is 3. The van der Waals surface area contributed by atoms with E-state index in [9.17, 15) is 4.79 Å². The number of hydrogen-bond acceptors (Lipinski definition) is 3. The first kappa shape index (κ1) is 15.8. The quantitative estimate of drug-likeness (QED) is 0.859. The topological polar surface area (TPSA) is 64.3 Å². The molecule has 0 spiro atoms. The highest BCUT2D eigenvalue weighted by atomic mass is 79.9. The van der Waals surface area contributed by atoms with Crippen LogP contribution in [0.15, 0.2) is 22.7 Å². The number of anilines is 1. The van der Waals surface area contributed by atoms with E-state index in [-0.39, 0.29) is 11.8 Å². The lowest BCUT2D eigenvalue weighted by molar-refractivity contribution is -0.122. The van der Waals surface area contributed by atoms with Gasteiger partial charge in [0.2, 0.25) is 5.91 Å². The molecule has 0 aromatic heterocycles. The van der Waals surface area contributed by atoms with Gasteiger partial charge in [0.15, 0.2) is 0 Å². The summed E-state index contributed by atoms with van der Waals surface area (Å²) in [7, 11) is 1.62. The van der Waals surface area contributed by atoms with Crippen LogP contribution in [0.25, 0.3) is 0 Å². The van der Waals surface area contributed by atoms with Gasteiger partial charge in [-0.15, -0.1) is 0 Å². The lowest BCUT2D eigenvalue weighted by Gasteiger charge is -2.43. The molecule has 5 heteroatoms. The van der Waals surface area contributed by atoms with E-state index in [0.717, 1.165) is 28.8 Å². The van der Waals surface area contributed by atoms with Crippen LogP contribution >= 0.6 is 15.9 Å². The molecule has 1 aromatic rings. The zero-order chi connectivity index (χ0) is 15.7. The first-order valence-corrected chi connectivity index (χ1v) is 8.77. The smallest absolute Gasteiger partial charge is 0.227 e. The van der Waals surface area contributed by atoms with Gasteiger partial charge < -0.3 is 15.8 Å². The molecule has 2 unspecified atom stereocenters. The summed E-state index contributed by atoms with van der Waals surface area (Å²) in [6.45, 7) is 0. The summed E-state index contributed by atoms with van der Waals surface area (Å²) in [5.74, 6) is 1.96. The second-order valence-corrected chi connectivity index (χ2v) is 7.39. The molecule has 1 aromatic carbocycles. The van der Waals surface area contributed by atoms with E-state index in [0.29, 0.717) is 17.9 Å². The van der Waals surface area contributed by atoms with E-state index in [2.05, 4.69) is 21.2 Å². The Labute approximate surface area is 139 Å². The Morgan fingerprint density at radius 1 is 1.32 bits per heavy atom. The predicted octanol–water partition coefficient (Wildman–Crippen LogP) is 3.55. The molecule has 0 saturated heterocycles. The van der Waals surface area contributed by atoms with Crippen LogP contribution in [0, 0.1) is 17.8 Å². The summed E-state index contributed by atoms with van der Waals surface area (Å²) in [6, 6.07) is 5.92. The summed E-state index contributed by atoms with van der Waals surface area (Å²) in [4.78, 5) is 12.6. The van der Waals surface area contributed by atoms with Gasteiger partial charge in [0.1, 0.15) is 5.75 Å². The van der Waals surface area contributed by atoms with Crippen LogP contribution in [0.3, 0.4) is 0 Å². The highest BCUT2D eigenvalue weighted by Crippen LogP contribution is 2.42. The third-order valence-electron chi connectivity index (χ3n) is 5.20. The molecule has 0 aliphatic heterocycles. The van der Waals surface area contributed by atoms with Crippen molar-refractivity contribution in [3.63, 3.8) is 0 Å². The summed E-state index contributed by atoms with van der Waals surface area (Å²) in [6.07, 6.45) is 5.47. The van der Waals surface area contributed by atoms with Crippen molar-refractivity contribution < 1.29 is 9.53 Å². The molecule has 2 fully saturated rings. The minimum absolute atomic E-state index is 0.0877. The summed E-state index contributed by atoms with van der Waals surface area (Å²) >= 11 is 3.42. The SMILES string of the molecule is COc1cc(NC(=O)C2CC3CCCC(C2)C3N)ccc1Br. The van der Waals surface area contributed by atoms with Crippen molar-refractivity contribution in [2.45, 2.75) is 38.1 Å². The molecule has 2 atom stereocenters. The van der Waals surface area contributed by atoms with Crippen molar-refractivity contribution in [2.24, 2.45) is 23.5 Å². The van der Waals surface area contributed by atoms with E-state index in [4.69, 9.17) is 10.5 Å². The van der Waals surface area contributed by atoms with Gasteiger partial charge in [-0.2, -0.15) is 0 Å². The van der Waals surface area contributed by atoms with E-state index in [1.807, 2.05) is 18.2 Å². The lowest BCUT2D eigenvalue weighted by atomic mass is 9.65. The van der Waals surface area contributed by atoms with Gasteiger partial charge in [-0.25, -0.2) is 0 Å². The zero-order valence-corrected chi connectivity index (χ0v) is 14.4. The molecular formula is C17H23BrN2O2. The maximum absolute atomic E-state index is 12.6. The molecule has 4 nitrogen and oxygen atoms in total. The van der Waals surface area contributed by atoms with Crippen molar-refractivity contribution in [3.8, 4) is 5.75 Å². The number of benzene rings is 1. The Morgan fingerprint density at radius 3 is 2.64 bits per heavy atom. The van der Waals surface area contributed by atoms with Crippen molar-refractivity contribution >= 4 is 27.5 Å². The van der Waals surface area contributed by atoms with Crippen molar-refractivity contribution in [3.05, 3.63) is 22.7 Å². The average Bonchev–Trinajstić information content (AvgIpc) is 2.48. The Hall–Kier alpha value is -1.07. The van der Waals surface area contributed by atoms with Crippen LogP contribution in [-0.4, -0.2) is 19.1 Å². The minimum Gasteiger partial charge on any atom is -0.495 e. The van der Waals surface area contributed by atoms with E-state index in [1.54, 1.807) is 7.11 Å². The first-order valence-electron chi connectivity index (χ1n) is 7.98. The monoisotopic (exact) mass is 366 g/mol. The van der Waals surface area contributed by atoms with Gasteiger partial charge in [0.05, 0.1) is 11.6 Å². The van der Waals surface area contributed by atoms with E-state index in [1.165, 1.54) is 19.3 Å². The Kier molecular flexibility index (Phi) is 4.73. The van der Waals surface area contributed by atoms with Crippen LogP contribution in [0.2, 0.25) is 0 Å². The molecule has 2 saturated carbocycles. The van der Waals surface area contributed by atoms with Gasteiger partial charge in [0.25, 0.3) is 0 Å². The van der Waals surface area contributed by atoms with Gasteiger partial charge >= 0.3 is 0 Å². The molecule has 2 bridgehead atoms. The maximum Gasteiger partial charge on any atom is 0.227 e. The second kappa shape index (κ2) is 6.59. The highest BCUT2D eigenvalue weighted by Gasteiger charge is 2.40. The van der Waals surface area contributed by atoms with Gasteiger partial charge in [-0.1, -0.05) is 6.42 Å². The molecule has 3 rings (SSSR count). The van der Waals surface area contributed by atoms with Crippen molar-refractivity contribution in [2.75, 3.05) is 12.4 Å². The summed E-state index contributed by atoms with van der Waals surface area (Å²) < 4.78 is 6.15. The summed E-state index contributed by atoms with van der Waals surface area (Å²) in [5.41, 5.74) is 7.08. The van der Waals surface area contributed by atoms with Crippen LogP contribution in [0.5, 0.6) is 5.75 Å². The number of carbonyl (C=O) groups is 1. The van der Waals surface area contributed by atoms with Crippen LogP contribution in [-0.2, 0) is 4.79 Å². The molecule has 2 aliphatic rings. The van der Waals surface area contributed by atoms with Crippen LogP contribution in [0.1, 0.15) is 32.1 Å². The number of amides is 1. The second-order valence-electron chi connectivity index (χ2n) is 6.54. The molecule has 120 valence electrons. The summed E-state index contributed by atoms with van der Waals surface area (Å²) in [5, 5.41) is 3.04. The number of methoxy groups -OCH3 is 1. The van der Waals surface area contributed by atoms with E-state index >= 15 is 0 Å². The number of carbonyl (C=O) groups excluding carboxylic acids is 1. The number of halogens is 1. The molecular weight excluding hydrogens is 344 g/mol. The van der Waals surface area contributed by atoms with Crippen molar-refractivity contribution in [1.29, 1.82) is 0 Å². The third-order valence-corrected chi connectivity index (χ3v) is 5.86. The lowest BCUT2D eigenvalue weighted by Crippen LogP contribution is -2.48. The van der Waals surface area contributed by atoms with Crippen LogP contribution in [0.4, 0.5) is 5.69 Å². The number of fused-ring (bicyclic) bond motifs is 2. The normalized spacial score (nSPS) is 30.7. The predicted molar refractivity (Wildman–Crippen MR) is 90.9 cm³/mol. The zero-order valence-electron chi connectivity index (χ0n) is 12.8. The Morgan fingerprint density at radius 2 is 2.00 bits per heavy atom. The number of nitrogens with two attached hydrogens (primary N) is 1. The van der Waals surface area contributed by atoms with Gasteiger partial charge in [-0.3, -0.25) is 4.79 Å². The standard InChI is InChI=1S/C17H23BrN2O2/c1-22-15-9-13(5-6-14(15)18)20-17(21)12-7-10-3-2-4-11(8-12)16(10)19/h5-6,9-12,16H,2-4,7-8,19H2,1H3,(H,20,21). The molecule has 0 heterocycles. The minimum atomic E-state index is 0.0877. The number of hydrogen-bond donors (Lipinski definition) is 2. The number of ether oxygens (including phenoxy) is 1. The highest BCUT2D eigenvalue weighted by molar-refractivity contribution is 9.10. The van der Waals surface area contributed by atoms with Gasteiger partial charge in [0, 0.05) is 23.7 Å². The molecule has 22 heavy (non-hydrogen) atoms. The molecule has 2 aliphatic carbocycles. The largest absolute Gasteiger partial charge is 0.495 e. The van der Waals surface area contributed by atoms with Crippen LogP contribution < -0.4 is 15.8 Å². The average molecular weight is 367 g/mol. The number of nitrogens with one attached hydrogen (secondary N) is 1. The fraction of sp³-hybridized carbons (Fsp3) is 0.588. The third kappa shape index (κ3) is 3.15. The molecule has 1 amide bonds. The van der Waals surface area contributed by atoms with Gasteiger partial charge in [-0.05, 0) is 65.6 Å². The fourth-order valence-corrected chi connectivity index (χ4v) is 4.39. The van der Waals surface area contributed by atoms with Crippen molar-refractivity contribution in [1.82, 2.24) is 0 Å². The molecule has 0 radical (unpaired) electrons. The first-order chi connectivity index (χ1) is 10.6.